The third kappa shape index (κ3) is 1.47. The van der Waals surface area contributed by atoms with E-state index in [0.29, 0.717) is 0 Å². The zero-order chi connectivity index (χ0) is 10.3. The molecule has 13 heavy (non-hydrogen) atoms. The topological polar surface area (TPSA) is 79.2 Å². The standard InChI is InChI=1S/C8H16O5/c1-7(11)6(10)5(9)4-13-8(7,2)12-3/h5-6,9-11H,4H2,1-3H3. The predicted molar refractivity (Wildman–Crippen MR) is 44.0 cm³/mol. The minimum Gasteiger partial charge on any atom is -0.388 e. The molecule has 78 valence electrons. The van der Waals surface area contributed by atoms with Gasteiger partial charge in [-0.2, -0.15) is 0 Å². The first-order chi connectivity index (χ1) is 5.85. The quantitative estimate of drug-likeness (QED) is 0.489. The van der Waals surface area contributed by atoms with Gasteiger partial charge in [-0.15, -0.1) is 0 Å². The highest BCUT2D eigenvalue weighted by molar-refractivity contribution is 5.00. The minimum absolute atomic E-state index is 0.0539. The van der Waals surface area contributed by atoms with Gasteiger partial charge in [-0.3, -0.25) is 0 Å². The monoisotopic (exact) mass is 192 g/mol. The molecule has 1 aliphatic rings. The summed E-state index contributed by atoms with van der Waals surface area (Å²) in [6, 6.07) is 0. The third-order valence-corrected chi connectivity index (χ3v) is 2.78. The van der Waals surface area contributed by atoms with Crippen LogP contribution in [-0.2, 0) is 9.47 Å². The van der Waals surface area contributed by atoms with Crippen LogP contribution in [0.3, 0.4) is 0 Å². The smallest absolute Gasteiger partial charge is 0.196 e. The molecule has 0 amide bonds. The molecule has 0 aromatic heterocycles. The lowest BCUT2D eigenvalue weighted by atomic mass is 9.84. The van der Waals surface area contributed by atoms with Crippen LogP contribution < -0.4 is 0 Å². The van der Waals surface area contributed by atoms with Crippen molar-refractivity contribution >= 4 is 0 Å². The van der Waals surface area contributed by atoms with Crippen molar-refractivity contribution in [3.05, 3.63) is 0 Å². The second-order valence-electron chi connectivity index (χ2n) is 3.62. The molecular weight excluding hydrogens is 176 g/mol. The minimum atomic E-state index is -1.63. The lowest BCUT2D eigenvalue weighted by Crippen LogP contribution is -2.68. The summed E-state index contributed by atoms with van der Waals surface area (Å²) >= 11 is 0. The Morgan fingerprint density at radius 3 is 2.38 bits per heavy atom. The zero-order valence-electron chi connectivity index (χ0n) is 8.02. The molecular formula is C8H16O5. The van der Waals surface area contributed by atoms with Crippen molar-refractivity contribution in [2.75, 3.05) is 13.7 Å². The fraction of sp³-hybridized carbons (Fsp3) is 1.00. The molecule has 1 saturated heterocycles. The van der Waals surface area contributed by atoms with Crippen LogP contribution in [0.25, 0.3) is 0 Å². The molecule has 0 bridgehead atoms. The molecule has 0 aliphatic carbocycles. The van der Waals surface area contributed by atoms with Gasteiger partial charge in [0.2, 0.25) is 0 Å². The van der Waals surface area contributed by atoms with Crippen LogP contribution in [0.15, 0.2) is 0 Å². The number of aliphatic hydroxyl groups is 3. The highest BCUT2D eigenvalue weighted by Gasteiger charge is 2.56. The van der Waals surface area contributed by atoms with Gasteiger partial charge in [0.15, 0.2) is 5.79 Å². The maximum absolute atomic E-state index is 9.87. The summed E-state index contributed by atoms with van der Waals surface area (Å²) in [5.74, 6) is -1.29. The van der Waals surface area contributed by atoms with E-state index in [-0.39, 0.29) is 6.61 Å². The molecule has 0 saturated carbocycles. The number of aliphatic hydroxyl groups excluding tert-OH is 2. The maximum Gasteiger partial charge on any atom is 0.196 e. The largest absolute Gasteiger partial charge is 0.388 e. The fourth-order valence-corrected chi connectivity index (χ4v) is 1.39. The molecule has 3 N–H and O–H groups in total. The molecule has 4 atom stereocenters. The van der Waals surface area contributed by atoms with Crippen LogP contribution in [0, 0.1) is 0 Å². The van der Waals surface area contributed by atoms with E-state index in [1.807, 2.05) is 0 Å². The molecule has 4 unspecified atom stereocenters. The van der Waals surface area contributed by atoms with Gasteiger partial charge in [-0.25, -0.2) is 0 Å². The summed E-state index contributed by atoms with van der Waals surface area (Å²) in [4.78, 5) is 0. The first-order valence-electron chi connectivity index (χ1n) is 4.13. The number of rotatable bonds is 1. The van der Waals surface area contributed by atoms with Crippen molar-refractivity contribution in [2.24, 2.45) is 0 Å². The van der Waals surface area contributed by atoms with E-state index in [4.69, 9.17) is 9.47 Å². The molecule has 1 fully saturated rings. The zero-order valence-corrected chi connectivity index (χ0v) is 8.02. The number of methoxy groups -OCH3 is 1. The fourth-order valence-electron chi connectivity index (χ4n) is 1.39. The van der Waals surface area contributed by atoms with Crippen LogP contribution in [0.2, 0.25) is 0 Å². The normalized spacial score (nSPS) is 52.2. The molecule has 0 spiro atoms. The van der Waals surface area contributed by atoms with Crippen molar-refractivity contribution in [2.45, 2.75) is 37.4 Å². The second kappa shape index (κ2) is 3.18. The Hall–Kier alpha value is -0.200. The van der Waals surface area contributed by atoms with Crippen LogP contribution >= 0.6 is 0 Å². The van der Waals surface area contributed by atoms with Gasteiger partial charge in [0, 0.05) is 7.11 Å². The third-order valence-electron chi connectivity index (χ3n) is 2.78. The second-order valence-corrected chi connectivity index (χ2v) is 3.62. The van der Waals surface area contributed by atoms with E-state index >= 15 is 0 Å². The summed E-state index contributed by atoms with van der Waals surface area (Å²) in [6.45, 7) is 2.83. The van der Waals surface area contributed by atoms with Gasteiger partial charge < -0.3 is 24.8 Å². The van der Waals surface area contributed by atoms with E-state index < -0.39 is 23.6 Å². The molecule has 0 aromatic rings. The molecule has 1 aliphatic heterocycles. The van der Waals surface area contributed by atoms with Crippen molar-refractivity contribution in [3.8, 4) is 0 Å². The number of hydrogen-bond acceptors (Lipinski definition) is 5. The average Bonchev–Trinajstić information content (AvgIpc) is 2.09. The van der Waals surface area contributed by atoms with Gasteiger partial charge in [-0.1, -0.05) is 0 Å². The van der Waals surface area contributed by atoms with Crippen molar-refractivity contribution < 1.29 is 24.8 Å². The van der Waals surface area contributed by atoms with Crippen LogP contribution in [0.4, 0.5) is 0 Å². The SMILES string of the molecule is COC1(C)OCC(O)C(O)C1(C)O. The van der Waals surface area contributed by atoms with E-state index in [0.717, 1.165) is 0 Å². The predicted octanol–water partition coefficient (Wildman–Crippen LogP) is -1.15. The molecule has 0 aromatic carbocycles. The van der Waals surface area contributed by atoms with Gasteiger partial charge in [0.05, 0.1) is 6.61 Å². The van der Waals surface area contributed by atoms with Gasteiger partial charge in [-0.05, 0) is 13.8 Å². The Labute approximate surface area is 76.9 Å². The Morgan fingerprint density at radius 2 is 1.92 bits per heavy atom. The van der Waals surface area contributed by atoms with E-state index in [2.05, 4.69) is 0 Å². The molecule has 1 heterocycles. The number of ether oxygens (including phenoxy) is 2. The number of hydrogen-bond donors (Lipinski definition) is 3. The van der Waals surface area contributed by atoms with E-state index in [1.165, 1.54) is 21.0 Å². The van der Waals surface area contributed by atoms with Crippen LogP contribution in [0.5, 0.6) is 0 Å². The first-order valence-corrected chi connectivity index (χ1v) is 4.13. The van der Waals surface area contributed by atoms with Crippen molar-refractivity contribution in [3.63, 3.8) is 0 Å². The Bertz CT molecular complexity index is 193. The molecule has 1 rings (SSSR count). The lowest BCUT2D eigenvalue weighted by molar-refractivity contribution is -0.360. The first kappa shape index (κ1) is 10.9. The molecule has 0 radical (unpaired) electrons. The Kier molecular flexibility index (Phi) is 2.66. The maximum atomic E-state index is 9.87. The summed E-state index contributed by atoms with van der Waals surface area (Å²) in [7, 11) is 1.37. The Morgan fingerprint density at radius 1 is 1.38 bits per heavy atom. The summed E-state index contributed by atoms with van der Waals surface area (Å²) < 4.78 is 10.1. The van der Waals surface area contributed by atoms with Gasteiger partial charge in [0.25, 0.3) is 0 Å². The van der Waals surface area contributed by atoms with Crippen LogP contribution in [0.1, 0.15) is 13.8 Å². The molecule has 5 nitrogen and oxygen atoms in total. The summed E-state index contributed by atoms with van der Waals surface area (Å²) in [6.07, 6.45) is -2.36. The van der Waals surface area contributed by atoms with Crippen molar-refractivity contribution in [1.82, 2.24) is 0 Å². The molecule has 5 heteroatoms. The summed E-state index contributed by atoms with van der Waals surface area (Å²) in [5, 5.41) is 28.6. The highest BCUT2D eigenvalue weighted by atomic mass is 16.7. The van der Waals surface area contributed by atoms with E-state index in [9.17, 15) is 15.3 Å². The highest BCUT2D eigenvalue weighted by Crippen LogP contribution is 2.35. The van der Waals surface area contributed by atoms with Gasteiger partial charge >= 0.3 is 0 Å². The lowest BCUT2D eigenvalue weighted by Gasteiger charge is -2.48. The van der Waals surface area contributed by atoms with Gasteiger partial charge in [0.1, 0.15) is 17.8 Å². The summed E-state index contributed by atoms with van der Waals surface area (Å²) in [5.41, 5.74) is -1.63. The van der Waals surface area contributed by atoms with Crippen molar-refractivity contribution in [1.29, 1.82) is 0 Å². The average molecular weight is 192 g/mol. The Balaban J connectivity index is 2.92. The van der Waals surface area contributed by atoms with E-state index in [1.54, 1.807) is 0 Å². The van der Waals surface area contributed by atoms with Crippen LogP contribution in [-0.4, -0.2) is 52.6 Å².